The molecule has 0 amide bonds. The molecule has 0 bridgehead atoms. The summed E-state index contributed by atoms with van der Waals surface area (Å²) < 4.78 is 5.58. The van der Waals surface area contributed by atoms with E-state index in [0.717, 1.165) is 37.1 Å². The second-order valence-electron chi connectivity index (χ2n) is 10.8. The average Bonchev–Trinajstić information content (AvgIpc) is 3.62. The van der Waals surface area contributed by atoms with E-state index in [1.807, 2.05) is 54.6 Å². The number of nitrogens with zero attached hydrogens (tertiary/aromatic N) is 1. The molecule has 37 heavy (non-hydrogen) atoms. The lowest BCUT2D eigenvalue weighted by Crippen LogP contribution is -2.43. The van der Waals surface area contributed by atoms with Crippen molar-refractivity contribution in [3.05, 3.63) is 113 Å². The van der Waals surface area contributed by atoms with Crippen LogP contribution >= 0.6 is 0 Å². The van der Waals surface area contributed by atoms with Crippen molar-refractivity contribution in [1.82, 2.24) is 0 Å². The monoisotopic (exact) mass is 487 g/mol. The molecule has 4 nitrogen and oxygen atoms in total. The summed E-state index contributed by atoms with van der Waals surface area (Å²) in [5.41, 5.74) is 7.06. The Labute approximate surface area is 217 Å². The summed E-state index contributed by atoms with van der Waals surface area (Å²) in [6.07, 6.45) is 11.4. The number of carbonyl (C=O) groups is 2. The van der Waals surface area contributed by atoms with Gasteiger partial charge >= 0.3 is 5.97 Å². The van der Waals surface area contributed by atoms with Crippen LogP contribution in [-0.2, 0) is 4.74 Å². The zero-order valence-electron chi connectivity index (χ0n) is 20.7. The maximum absolute atomic E-state index is 13.2. The second-order valence-corrected chi connectivity index (χ2v) is 10.8. The number of Topliss-reactive ketones (excluding diaryl/α,β-unsaturated/α-hetero) is 1. The molecule has 0 saturated heterocycles. The van der Waals surface area contributed by atoms with Gasteiger partial charge in [0.05, 0.1) is 5.56 Å². The van der Waals surface area contributed by atoms with Crippen molar-refractivity contribution in [3.63, 3.8) is 0 Å². The Morgan fingerprint density at radius 1 is 0.757 bits per heavy atom. The Hall–Kier alpha value is -3.92. The number of allylic oxidation sites excluding steroid dienone is 4. The van der Waals surface area contributed by atoms with E-state index in [4.69, 9.17) is 4.74 Å². The fraction of sp³-hybridized carbons (Fsp3) is 0.273. The number of ketones is 1. The molecule has 0 aromatic heterocycles. The SMILES string of the molecule is O=C(COC(=O)c1cc2c3c(c1)[C@H]1C=CC[C@@H]1CN3C[C@H]1CC=C[C@H]21)c1ccc(-c2ccccc2)cc1. The summed E-state index contributed by atoms with van der Waals surface area (Å²) in [6, 6.07) is 21.6. The molecule has 4 atom stereocenters. The van der Waals surface area contributed by atoms with Gasteiger partial charge in [-0.05, 0) is 59.1 Å². The average molecular weight is 488 g/mol. The molecule has 0 fully saturated rings. The van der Waals surface area contributed by atoms with Crippen molar-refractivity contribution in [1.29, 1.82) is 0 Å². The Morgan fingerprint density at radius 2 is 1.35 bits per heavy atom. The normalized spacial score (nSPS) is 24.4. The Balaban J connectivity index is 1.12. The fourth-order valence-electron chi connectivity index (χ4n) is 6.77. The number of esters is 1. The van der Waals surface area contributed by atoms with Gasteiger partial charge in [0.2, 0.25) is 0 Å². The van der Waals surface area contributed by atoms with Crippen LogP contribution in [0.25, 0.3) is 11.1 Å². The summed E-state index contributed by atoms with van der Waals surface area (Å²) in [4.78, 5) is 28.6. The Morgan fingerprint density at radius 3 is 1.97 bits per heavy atom. The second kappa shape index (κ2) is 8.88. The van der Waals surface area contributed by atoms with Gasteiger partial charge in [-0.15, -0.1) is 0 Å². The molecule has 4 heteroatoms. The van der Waals surface area contributed by atoms with Gasteiger partial charge in [-0.1, -0.05) is 78.9 Å². The fourth-order valence-corrected chi connectivity index (χ4v) is 6.77. The van der Waals surface area contributed by atoms with Gasteiger partial charge < -0.3 is 9.64 Å². The van der Waals surface area contributed by atoms with Gasteiger partial charge in [-0.25, -0.2) is 4.79 Å². The van der Waals surface area contributed by atoms with Crippen LogP contribution in [0.3, 0.4) is 0 Å². The third kappa shape index (κ3) is 3.83. The smallest absolute Gasteiger partial charge is 0.338 e. The lowest BCUT2D eigenvalue weighted by Gasteiger charge is -2.46. The molecule has 184 valence electrons. The number of hydrogen-bond donors (Lipinski definition) is 0. The summed E-state index contributed by atoms with van der Waals surface area (Å²) in [7, 11) is 0. The number of rotatable bonds is 5. The molecule has 3 aromatic carbocycles. The molecular weight excluding hydrogens is 458 g/mol. The number of benzene rings is 3. The molecule has 0 radical (unpaired) electrons. The number of anilines is 1. The van der Waals surface area contributed by atoms with Gasteiger partial charge in [0, 0.05) is 36.2 Å². The quantitative estimate of drug-likeness (QED) is 0.233. The van der Waals surface area contributed by atoms with Gasteiger partial charge in [-0.3, -0.25) is 4.79 Å². The third-order valence-electron chi connectivity index (χ3n) is 8.58. The molecule has 0 unspecified atom stereocenters. The third-order valence-corrected chi connectivity index (χ3v) is 8.58. The minimum atomic E-state index is -0.423. The van der Waals surface area contributed by atoms with Crippen LogP contribution in [0.5, 0.6) is 0 Å². The minimum absolute atomic E-state index is 0.198. The van der Waals surface area contributed by atoms with Gasteiger partial charge in [0.25, 0.3) is 0 Å². The lowest BCUT2D eigenvalue weighted by atomic mass is 9.74. The van der Waals surface area contributed by atoms with Crippen molar-refractivity contribution in [3.8, 4) is 11.1 Å². The van der Waals surface area contributed by atoms with Crippen molar-refractivity contribution in [2.75, 3.05) is 24.6 Å². The molecule has 7 rings (SSSR count). The first kappa shape index (κ1) is 22.3. The molecule has 2 aliphatic heterocycles. The minimum Gasteiger partial charge on any atom is -0.454 e. The standard InChI is InChI=1S/C33H29NO3/c35-31(23-14-12-22(13-15-23)21-6-2-1-3-7-21)20-37-33(36)26-16-29-27-10-4-8-24(27)18-34-19-25-9-5-11-28(25)30(17-26)32(29)34/h1-7,10-17,24-25,27-28H,8-9,18-20H2/t24-,25-,27+,28+/m1/s1. The van der Waals surface area contributed by atoms with Crippen LogP contribution < -0.4 is 4.90 Å². The first-order chi connectivity index (χ1) is 18.2. The van der Waals surface area contributed by atoms with Crippen LogP contribution in [-0.4, -0.2) is 31.4 Å². The molecule has 3 aromatic rings. The first-order valence-electron chi connectivity index (χ1n) is 13.3. The summed E-state index contributed by atoms with van der Waals surface area (Å²) in [5.74, 6) is 1.22. The van der Waals surface area contributed by atoms with Crippen LogP contribution in [0.2, 0.25) is 0 Å². The highest BCUT2D eigenvalue weighted by Gasteiger charge is 2.42. The molecule has 2 aliphatic carbocycles. The molecule has 0 saturated carbocycles. The Kier molecular flexibility index (Phi) is 5.35. The highest BCUT2D eigenvalue weighted by molar-refractivity contribution is 6.00. The predicted molar refractivity (Wildman–Crippen MR) is 145 cm³/mol. The van der Waals surface area contributed by atoms with E-state index in [-0.39, 0.29) is 12.4 Å². The van der Waals surface area contributed by atoms with Crippen molar-refractivity contribution >= 4 is 17.4 Å². The van der Waals surface area contributed by atoms with Crippen LogP contribution in [0, 0.1) is 11.8 Å². The molecule has 2 heterocycles. The van der Waals surface area contributed by atoms with Gasteiger partial charge in [0.1, 0.15) is 0 Å². The maximum Gasteiger partial charge on any atom is 0.338 e. The van der Waals surface area contributed by atoms with Crippen LogP contribution in [0.15, 0.2) is 91.0 Å². The Bertz CT molecular complexity index is 1390. The lowest BCUT2D eigenvalue weighted by molar-refractivity contribution is 0.0474. The number of hydrogen-bond acceptors (Lipinski definition) is 4. The maximum atomic E-state index is 13.2. The van der Waals surface area contributed by atoms with E-state index in [9.17, 15) is 9.59 Å². The first-order valence-corrected chi connectivity index (χ1v) is 13.3. The van der Waals surface area contributed by atoms with E-state index < -0.39 is 5.97 Å². The highest BCUT2D eigenvalue weighted by Crippen LogP contribution is 2.53. The predicted octanol–water partition coefficient (Wildman–Crippen LogP) is 6.55. The van der Waals surface area contributed by atoms with Crippen molar-refractivity contribution in [2.24, 2.45) is 11.8 Å². The van der Waals surface area contributed by atoms with Gasteiger partial charge in [-0.2, -0.15) is 0 Å². The van der Waals surface area contributed by atoms with Crippen LogP contribution in [0.4, 0.5) is 5.69 Å². The van der Waals surface area contributed by atoms with E-state index in [1.165, 1.54) is 16.8 Å². The number of fused-ring (bicyclic) bond motifs is 4. The van der Waals surface area contributed by atoms with Crippen LogP contribution in [0.1, 0.15) is 56.5 Å². The van der Waals surface area contributed by atoms with E-state index in [1.54, 1.807) is 12.1 Å². The van der Waals surface area contributed by atoms with E-state index >= 15 is 0 Å². The summed E-state index contributed by atoms with van der Waals surface area (Å²) in [5, 5.41) is 0. The molecule has 0 N–H and O–H groups in total. The zero-order valence-corrected chi connectivity index (χ0v) is 20.7. The topological polar surface area (TPSA) is 46.6 Å². The van der Waals surface area contributed by atoms with Crippen molar-refractivity contribution < 1.29 is 14.3 Å². The van der Waals surface area contributed by atoms with E-state index in [2.05, 4.69) is 29.2 Å². The summed E-state index contributed by atoms with van der Waals surface area (Å²) >= 11 is 0. The zero-order chi connectivity index (χ0) is 24.9. The van der Waals surface area contributed by atoms with Gasteiger partial charge in [0.15, 0.2) is 12.4 Å². The molecule has 0 spiro atoms. The molecular formula is C33H29NO3. The highest BCUT2D eigenvalue weighted by atomic mass is 16.5. The number of carbonyl (C=O) groups excluding carboxylic acids is 2. The molecule has 4 aliphatic rings. The number of ether oxygens (including phenoxy) is 1. The van der Waals surface area contributed by atoms with Crippen molar-refractivity contribution in [2.45, 2.75) is 24.7 Å². The summed E-state index contributed by atoms with van der Waals surface area (Å²) in [6.45, 7) is 1.91. The van der Waals surface area contributed by atoms with E-state index in [0.29, 0.717) is 34.8 Å². The largest absolute Gasteiger partial charge is 0.454 e.